The van der Waals surface area contributed by atoms with Crippen molar-refractivity contribution in [3.8, 4) is 65.1 Å². The summed E-state index contributed by atoms with van der Waals surface area (Å²) in [4.78, 5) is 47.7. The molecule has 0 aliphatic rings. The number of aliphatic hydroxyl groups excluding tert-OH is 3. The molecular weight excluding hydrogens is 1710 g/mol. The maximum absolute atomic E-state index is 10.0. The molecule has 12 aromatic rings. The molecule has 0 bridgehead atoms. The number of hydrogen-bond donors (Lipinski definition) is 3. The summed E-state index contributed by atoms with van der Waals surface area (Å²) in [5, 5.41) is 28.7. The molecule has 6 aromatic carbocycles. The van der Waals surface area contributed by atoms with Crippen LogP contribution in [0.3, 0.4) is 0 Å². The van der Waals surface area contributed by atoms with Crippen LogP contribution >= 0.6 is 34.0 Å². The van der Waals surface area contributed by atoms with E-state index in [-0.39, 0.29) is 94.9 Å². The summed E-state index contributed by atoms with van der Waals surface area (Å²) in [6.45, 7) is 15.0. The van der Waals surface area contributed by atoms with E-state index in [2.05, 4.69) is 157 Å². The van der Waals surface area contributed by atoms with Gasteiger partial charge in [-0.3, -0.25) is 14.4 Å². The molecule has 0 atom stereocenters. The van der Waals surface area contributed by atoms with E-state index in [0.29, 0.717) is 0 Å². The number of ketones is 3. The number of thiophene rings is 3. The molecule has 0 saturated carbocycles. The minimum atomic E-state index is -0.125. The zero-order valence-electron chi connectivity index (χ0n) is 50.9. The van der Waals surface area contributed by atoms with Crippen molar-refractivity contribution in [2.75, 3.05) is 0 Å². The van der Waals surface area contributed by atoms with Gasteiger partial charge in [0.1, 0.15) is 0 Å². The topological polar surface area (TPSA) is 151 Å². The fourth-order valence-electron chi connectivity index (χ4n) is 8.71. The fourth-order valence-corrected chi connectivity index (χ4v) is 12.1. The van der Waals surface area contributed by atoms with Gasteiger partial charge >= 0.3 is 0 Å². The molecule has 6 heterocycles. The molecule has 0 fully saturated rings. The molecule has 0 spiro atoms. The van der Waals surface area contributed by atoms with Crippen molar-refractivity contribution in [1.82, 2.24) is 15.0 Å². The van der Waals surface area contributed by atoms with Crippen LogP contribution in [0.4, 0.5) is 0 Å². The van der Waals surface area contributed by atoms with Gasteiger partial charge in [0.25, 0.3) is 0 Å². The van der Waals surface area contributed by atoms with Crippen LogP contribution in [0.2, 0.25) is 0 Å². The standard InChI is InChI=1S/C21H16NS.C20H14NS.C19H12NS.3C5H8O2.3Ir/c1-14-7-6-8-15(2)21(14)20-11-17-13-22-18(12-19(17)23-20)16-9-4-3-5-10-16;1-14-7-9-16(10-8-14)19-11-17-13-21-18(12-20(17)22-19)15-5-3-2-4-6-15;1-3-7-14(8-4-1)17-12-19-16(13-20-17)11-18(21-19)15-9-5-2-6-10-15;3*1-4(6)3-5(2)7;;;/h3-9,11-13H,1-2H3;2-5,7-13H,1H3;1-7,9-13H;3*3,6H,1-2H3;;;/q3*-1;;;;;;. The summed E-state index contributed by atoms with van der Waals surface area (Å²) in [5.41, 5.74) is 13.8. The number of aliphatic hydroxyl groups is 3. The SMILES string of the molecule is CC(=O)C=C(C)O.CC(=O)C=C(C)O.CC(=O)C=C(C)O.Cc1ccc(-c2cc3cnc(-c4[c-]cccc4)cc3s2)cc1.Cc1cccc(C)c1-c1cc2cnc(-c3[c-]cccc3)cc2s1.[Ir].[Ir].[Ir].[c-]1ccccc1-c1cc2sc(-c3ccccc3)cc2cn1. The number of carbonyl (C=O) groups excluding carboxylic acids is 3. The van der Waals surface area contributed by atoms with E-state index in [1.165, 1.54) is 138 Å². The van der Waals surface area contributed by atoms with Gasteiger partial charge in [-0.1, -0.05) is 96.6 Å². The first kappa shape index (κ1) is 74.7. The number of fused-ring (bicyclic) bond motifs is 3. The molecule has 90 heavy (non-hydrogen) atoms. The maximum Gasteiger partial charge on any atom is 0.155 e. The molecule has 6 aromatic heterocycles. The molecule has 0 aliphatic carbocycles. The number of pyridine rings is 3. The zero-order chi connectivity index (χ0) is 62.4. The monoisotopic (exact) mass is 1780 g/mol. The first-order chi connectivity index (χ1) is 41.8. The van der Waals surface area contributed by atoms with Crippen molar-refractivity contribution in [1.29, 1.82) is 0 Å². The second-order valence-corrected chi connectivity index (χ2v) is 23.4. The van der Waals surface area contributed by atoms with Gasteiger partial charge in [0.15, 0.2) is 17.3 Å². The number of aryl methyl sites for hydroxylation is 3. The van der Waals surface area contributed by atoms with Crippen LogP contribution in [-0.2, 0) is 74.7 Å². The van der Waals surface area contributed by atoms with E-state index in [0.717, 1.165) is 33.8 Å². The van der Waals surface area contributed by atoms with E-state index >= 15 is 0 Å². The molecule has 12 rings (SSSR count). The number of benzene rings is 6. The third-order valence-corrected chi connectivity index (χ3v) is 15.9. The molecule has 0 amide bonds. The van der Waals surface area contributed by atoms with Crippen LogP contribution < -0.4 is 0 Å². The van der Waals surface area contributed by atoms with Gasteiger partial charge in [-0.15, -0.1) is 142 Å². The Labute approximate surface area is 579 Å². The summed E-state index contributed by atoms with van der Waals surface area (Å²) < 4.78 is 3.79. The summed E-state index contributed by atoms with van der Waals surface area (Å²) >= 11 is 5.45. The van der Waals surface area contributed by atoms with Gasteiger partial charge in [-0.05, 0) is 125 Å². The normalized spacial score (nSPS) is 10.7. The van der Waals surface area contributed by atoms with Crippen LogP contribution in [0.1, 0.15) is 58.2 Å². The molecule has 465 valence electrons. The predicted octanol–water partition coefficient (Wildman–Crippen LogP) is 20.3. The molecule has 3 radical (unpaired) electrons. The largest absolute Gasteiger partial charge is 0.512 e. The average Bonchev–Trinajstić information content (AvgIpc) is 2.42. The number of hydrogen-bond acceptors (Lipinski definition) is 12. The number of rotatable bonds is 9. The summed E-state index contributed by atoms with van der Waals surface area (Å²) in [6, 6.07) is 72.4. The molecule has 0 unspecified atom stereocenters. The van der Waals surface area contributed by atoms with Gasteiger partial charge in [0, 0.05) is 142 Å². The Morgan fingerprint density at radius 3 is 1.02 bits per heavy atom. The summed E-state index contributed by atoms with van der Waals surface area (Å²) in [6.07, 6.45) is 9.38. The minimum absolute atomic E-state index is 0. The predicted molar refractivity (Wildman–Crippen MR) is 363 cm³/mol. The van der Waals surface area contributed by atoms with Crippen molar-refractivity contribution in [3.05, 3.63) is 271 Å². The third kappa shape index (κ3) is 23.2. The minimum Gasteiger partial charge on any atom is -0.512 e. The maximum atomic E-state index is 10.0. The van der Waals surface area contributed by atoms with E-state index in [9.17, 15) is 14.4 Å². The van der Waals surface area contributed by atoms with E-state index < -0.39 is 0 Å². The van der Waals surface area contributed by atoms with E-state index in [1.54, 1.807) is 11.3 Å². The van der Waals surface area contributed by atoms with Crippen LogP contribution in [0.25, 0.3) is 95.4 Å². The van der Waals surface area contributed by atoms with Crippen LogP contribution in [0.5, 0.6) is 0 Å². The van der Waals surface area contributed by atoms with Crippen molar-refractivity contribution in [2.45, 2.75) is 62.3 Å². The van der Waals surface area contributed by atoms with Crippen LogP contribution in [0.15, 0.2) is 236 Å². The van der Waals surface area contributed by atoms with Crippen molar-refractivity contribution in [3.63, 3.8) is 0 Å². The Hall–Kier alpha value is -7.77. The van der Waals surface area contributed by atoms with E-state index in [4.69, 9.17) is 15.3 Å². The Kier molecular flexibility index (Phi) is 31.0. The van der Waals surface area contributed by atoms with Gasteiger partial charge in [-0.25, -0.2) is 0 Å². The average molecular weight is 1780 g/mol. The smallest absolute Gasteiger partial charge is 0.155 e. The molecule has 0 aliphatic heterocycles. The Morgan fingerprint density at radius 2 is 0.711 bits per heavy atom. The first-order valence-electron chi connectivity index (χ1n) is 27.7. The zero-order valence-corrected chi connectivity index (χ0v) is 60.6. The van der Waals surface area contributed by atoms with Gasteiger partial charge in [0.2, 0.25) is 0 Å². The number of aromatic nitrogens is 3. The fraction of sp³-hybridized carbons (Fsp3) is 0.120. The van der Waals surface area contributed by atoms with Crippen LogP contribution in [0, 0.1) is 39.0 Å². The quantitative estimate of drug-likeness (QED) is 0.0729. The second-order valence-electron chi connectivity index (χ2n) is 20.2. The summed E-state index contributed by atoms with van der Waals surface area (Å²) in [5.74, 6) is -0.187. The van der Waals surface area contributed by atoms with Crippen molar-refractivity contribution < 1.29 is 90.0 Å². The molecule has 15 heteroatoms. The molecule has 0 saturated heterocycles. The van der Waals surface area contributed by atoms with Gasteiger partial charge in [-0.2, -0.15) is 0 Å². The van der Waals surface area contributed by atoms with Gasteiger partial charge < -0.3 is 30.3 Å². The number of nitrogens with zero attached hydrogens (tertiary/aromatic N) is 3. The van der Waals surface area contributed by atoms with Crippen molar-refractivity contribution in [2.24, 2.45) is 0 Å². The van der Waals surface area contributed by atoms with Crippen molar-refractivity contribution >= 4 is 81.6 Å². The Bertz CT molecular complexity index is 4220. The molecule has 3 N–H and O–H groups in total. The molecule has 9 nitrogen and oxygen atoms in total. The Balaban J connectivity index is 0.000000246. The molecular formula is C75H66Ir3N3O6S3-3. The van der Waals surface area contributed by atoms with E-state index in [1.807, 2.05) is 120 Å². The number of carbonyl (C=O) groups is 3. The Morgan fingerprint density at radius 1 is 0.389 bits per heavy atom. The van der Waals surface area contributed by atoms with Crippen LogP contribution in [-0.4, -0.2) is 47.6 Å². The van der Waals surface area contributed by atoms with Gasteiger partial charge in [0.05, 0.1) is 17.3 Å². The third-order valence-electron chi connectivity index (χ3n) is 12.5. The second kappa shape index (κ2) is 37.4. The summed E-state index contributed by atoms with van der Waals surface area (Å²) in [7, 11) is 0. The first-order valence-corrected chi connectivity index (χ1v) is 30.2. The number of allylic oxidation sites excluding steroid dienone is 6.